The maximum absolute atomic E-state index is 14.5. The monoisotopic (exact) mass is 629 g/mol. The van der Waals surface area contributed by atoms with Crippen LogP contribution in [0.2, 0.25) is 0 Å². The summed E-state index contributed by atoms with van der Waals surface area (Å²) in [6.07, 6.45) is 0.921. The molecule has 0 fully saturated rings. The maximum Gasteiger partial charge on any atom is 0.264 e. The Hall–Kier alpha value is -4.50. The van der Waals surface area contributed by atoms with Gasteiger partial charge < -0.3 is 10.2 Å². The molecule has 0 aliphatic rings. The fraction of sp³-hybridized carbons (Fsp3) is 0.278. The van der Waals surface area contributed by atoms with E-state index in [4.69, 9.17) is 0 Å². The summed E-state index contributed by atoms with van der Waals surface area (Å²) in [5, 5.41) is 3.03. The number of nitrogens with one attached hydrogen (secondary N) is 1. The van der Waals surface area contributed by atoms with Gasteiger partial charge in [0.2, 0.25) is 11.8 Å². The van der Waals surface area contributed by atoms with Crippen LogP contribution in [-0.4, -0.2) is 43.8 Å². The Kier molecular flexibility index (Phi) is 11.1. The number of carbonyl (C=O) groups excluding carboxylic acids is 2. The number of amides is 2. The van der Waals surface area contributed by atoms with Crippen molar-refractivity contribution in [3.8, 4) is 0 Å². The molecule has 7 nitrogen and oxygen atoms in total. The van der Waals surface area contributed by atoms with Crippen molar-refractivity contribution >= 4 is 27.5 Å². The molecule has 2 amide bonds. The van der Waals surface area contributed by atoms with Gasteiger partial charge in [0, 0.05) is 19.0 Å². The zero-order valence-corrected chi connectivity index (χ0v) is 26.9. The van der Waals surface area contributed by atoms with Crippen LogP contribution < -0.4 is 9.62 Å². The molecule has 0 aromatic heterocycles. The van der Waals surface area contributed by atoms with E-state index in [-0.39, 0.29) is 35.5 Å². The van der Waals surface area contributed by atoms with Crippen molar-refractivity contribution in [1.29, 1.82) is 0 Å². The van der Waals surface area contributed by atoms with Crippen molar-refractivity contribution < 1.29 is 22.4 Å². The van der Waals surface area contributed by atoms with Gasteiger partial charge >= 0.3 is 0 Å². The molecule has 45 heavy (non-hydrogen) atoms. The highest BCUT2D eigenvalue weighted by Gasteiger charge is 2.35. The minimum absolute atomic E-state index is 0.00851. The first kappa shape index (κ1) is 33.4. The van der Waals surface area contributed by atoms with Gasteiger partial charge in [0.25, 0.3) is 10.0 Å². The number of anilines is 1. The van der Waals surface area contributed by atoms with Crippen molar-refractivity contribution in [1.82, 2.24) is 10.2 Å². The molecule has 0 saturated heterocycles. The Morgan fingerprint density at radius 3 is 2.09 bits per heavy atom. The molecule has 0 unspecified atom stereocenters. The van der Waals surface area contributed by atoms with E-state index in [1.807, 2.05) is 82.3 Å². The average Bonchev–Trinajstić information content (AvgIpc) is 3.02. The van der Waals surface area contributed by atoms with Crippen molar-refractivity contribution in [3.05, 3.63) is 131 Å². The molecule has 0 heterocycles. The van der Waals surface area contributed by atoms with Crippen molar-refractivity contribution in [2.75, 3.05) is 10.8 Å². The van der Waals surface area contributed by atoms with Crippen LogP contribution in [0.3, 0.4) is 0 Å². The molecule has 4 aromatic carbocycles. The second kappa shape index (κ2) is 15.0. The summed E-state index contributed by atoms with van der Waals surface area (Å²) in [6, 6.07) is 27.3. The van der Waals surface area contributed by atoms with Crippen molar-refractivity contribution in [2.24, 2.45) is 0 Å². The summed E-state index contributed by atoms with van der Waals surface area (Å²) in [4.78, 5) is 29.8. The van der Waals surface area contributed by atoms with E-state index in [1.165, 1.54) is 29.2 Å². The first-order chi connectivity index (χ1) is 21.5. The number of aryl methyl sites for hydroxylation is 2. The molecule has 9 heteroatoms. The number of rotatable bonds is 13. The second-order valence-electron chi connectivity index (χ2n) is 11.3. The minimum atomic E-state index is -4.26. The summed E-state index contributed by atoms with van der Waals surface area (Å²) >= 11 is 0. The van der Waals surface area contributed by atoms with Gasteiger partial charge in [-0.05, 0) is 74.7 Å². The van der Waals surface area contributed by atoms with Crippen LogP contribution in [0.25, 0.3) is 0 Å². The first-order valence-corrected chi connectivity index (χ1v) is 16.5. The lowest BCUT2D eigenvalue weighted by Gasteiger charge is -2.34. The third kappa shape index (κ3) is 8.79. The van der Waals surface area contributed by atoms with E-state index in [2.05, 4.69) is 5.32 Å². The number of carbonyl (C=O) groups is 2. The third-order valence-corrected chi connectivity index (χ3v) is 9.50. The van der Waals surface area contributed by atoms with E-state index in [0.717, 1.165) is 38.7 Å². The van der Waals surface area contributed by atoms with Gasteiger partial charge in [-0.15, -0.1) is 0 Å². The number of sulfonamides is 1. The van der Waals surface area contributed by atoms with Gasteiger partial charge in [-0.3, -0.25) is 13.9 Å². The van der Waals surface area contributed by atoms with Gasteiger partial charge in [-0.25, -0.2) is 12.8 Å². The molecule has 4 rings (SSSR count). The van der Waals surface area contributed by atoms with Gasteiger partial charge in [0.05, 0.1) is 10.6 Å². The Morgan fingerprint density at radius 2 is 1.47 bits per heavy atom. The summed E-state index contributed by atoms with van der Waals surface area (Å²) in [7, 11) is -4.26. The van der Waals surface area contributed by atoms with E-state index >= 15 is 0 Å². The van der Waals surface area contributed by atoms with Gasteiger partial charge in [-0.1, -0.05) is 84.8 Å². The molecule has 4 aromatic rings. The minimum Gasteiger partial charge on any atom is -0.352 e. The van der Waals surface area contributed by atoms with Gasteiger partial charge in [0.15, 0.2) is 0 Å². The second-order valence-corrected chi connectivity index (χ2v) is 13.2. The summed E-state index contributed by atoms with van der Waals surface area (Å²) in [5.74, 6) is -1.44. The molecule has 0 bridgehead atoms. The molecule has 1 N–H and O–H groups in total. The van der Waals surface area contributed by atoms with Crippen LogP contribution in [0.4, 0.5) is 10.1 Å². The largest absolute Gasteiger partial charge is 0.352 e. The number of hydrogen-bond acceptors (Lipinski definition) is 4. The highest BCUT2D eigenvalue weighted by atomic mass is 32.2. The summed E-state index contributed by atoms with van der Waals surface area (Å²) in [6.45, 7) is 7.12. The number of nitrogens with zero attached hydrogens (tertiary/aromatic N) is 2. The molecule has 0 radical (unpaired) electrons. The lowest BCUT2D eigenvalue weighted by molar-refractivity contribution is -0.140. The van der Waals surface area contributed by atoms with E-state index < -0.39 is 34.3 Å². The lowest BCUT2D eigenvalue weighted by atomic mass is 10.0. The van der Waals surface area contributed by atoms with Crippen molar-refractivity contribution in [3.63, 3.8) is 0 Å². The summed E-state index contributed by atoms with van der Waals surface area (Å²) in [5.41, 5.74) is 3.64. The van der Waals surface area contributed by atoms with Crippen LogP contribution in [0.1, 0.15) is 42.5 Å². The molecule has 2 atom stereocenters. The van der Waals surface area contributed by atoms with Crippen LogP contribution in [-0.2, 0) is 32.6 Å². The predicted octanol–water partition coefficient (Wildman–Crippen LogP) is 6.19. The van der Waals surface area contributed by atoms with Crippen LogP contribution >= 0.6 is 0 Å². The van der Waals surface area contributed by atoms with Crippen LogP contribution in [0.15, 0.2) is 108 Å². The van der Waals surface area contributed by atoms with Gasteiger partial charge in [0.1, 0.15) is 18.4 Å². The van der Waals surface area contributed by atoms with E-state index in [0.29, 0.717) is 6.42 Å². The fourth-order valence-electron chi connectivity index (χ4n) is 4.98. The van der Waals surface area contributed by atoms with Gasteiger partial charge in [-0.2, -0.15) is 0 Å². The average molecular weight is 630 g/mol. The Bertz CT molecular complexity index is 1690. The zero-order chi connectivity index (χ0) is 32.6. The highest BCUT2D eigenvalue weighted by molar-refractivity contribution is 7.92. The van der Waals surface area contributed by atoms with E-state index in [9.17, 15) is 22.4 Å². The number of benzene rings is 4. The molecule has 236 valence electrons. The Labute approximate surface area is 265 Å². The highest BCUT2D eigenvalue weighted by Crippen LogP contribution is 2.26. The predicted molar refractivity (Wildman–Crippen MR) is 176 cm³/mol. The fourth-order valence-corrected chi connectivity index (χ4v) is 6.39. The maximum atomic E-state index is 14.5. The lowest BCUT2D eigenvalue weighted by Crippen LogP contribution is -2.54. The van der Waals surface area contributed by atoms with Crippen LogP contribution in [0.5, 0.6) is 0 Å². The number of halogens is 1. The molecular weight excluding hydrogens is 589 g/mol. The molecule has 0 spiro atoms. The SMILES string of the molecule is CC[C@@H](C)NC(=O)[C@@H](Cc1ccccc1)N(Cc1cccc(C)c1)C(=O)CN(c1ccc(F)cc1)S(=O)(=O)c1ccc(C)cc1. The number of hydrogen-bond donors (Lipinski definition) is 1. The molecule has 0 saturated carbocycles. The Balaban J connectivity index is 1.80. The quantitative estimate of drug-likeness (QED) is 0.191. The van der Waals surface area contributed by atoms with Crippen molar-refractivity contribution in [2.45, 2.75) is 64.1 Å². The smallest absolute Gasteiger partial charge is 0.264 e. The third-order valence-electron chi connectivity index (χ3n) is 7.71. The van der Waals surface area contributed by atoms with E-state index in [1.54, 1.807) is 12.1 Å². The molecular formula is C36H40FN3O4S. The normalized spacial score (nSPS) is 12.6. The Morgan fingerprint density at radius 1 is 0.822 bits per heavy atom. The van der Waals surface area contributed by atoms with Crippen LogP contribution in [0, 0.1) is 19.7 Å². The zero-order valence-electron chi connectivity index (χ0n) is 26.1. The molecule has 0 aliphatic carbocycles. The first-order valence-electron chi connectivity index (χ1n) is 15.0. The standard InChI is InChI=1S/C36H40FN3O4S/c1-5-28(4)38-36(42)34(23-29-11-7-6-8-12-29)39(24-30-13-9-10-27(3)22-30)35(41)25-40(32-18-16-31(37)17-19-32)45(43,44)33-20-14-26(2)15-21-33/h6-22,28,34H,5,23-25H2,1-4H3,(H,38,42)/t28-,34-/m1/s1. The topological polar surface area (TPSA) is 86.8 Å². The molecule has 0 aliphatic heterocycles. The summed E-state index contributed by atoms with van der Waals surface area (Å²) < 4.78 is 43.0.